The molecule has 132 valence electrons. The van der Waals surface area contributed by atoms with Crippen molar-refractivity contribution in [2.24, 2.45) is 0 Å². The van der Waals surface area contributed by atoms with Gasteiger partial charge in [0.15, 0.2) is 0 Å². The van der Waals surface area contributed by atoms with Crippen LogP contribution in [0.5, 0.6) is 5.75 Å². The smallest absolute Gasteiger partial charge is 0.288 e. The number of hydrogen-bond acceptors (Lipinski definition) is 5. The first-order chi connectivity index (χ1) is 12.0. The number of hydrogen-bond donors (Lipinski definition) is 1. The van der Waals surface area contributed by atoms with Gasteiger partial charge in [-0.05, 0) is 38.8 Å². The van der Waals surface area contributed by atoms with Crippen LogP contribution in [0, 0.1) is 24.0 Å². The average molecular weight is 343 g/mol. The van der Waals surface area contributed by atoms with E-state index >= 15 is 0 Å². The summed E-state index contributed by atoms with van der Waals surface area (Å²) in [6.45, 7) is 4.70. The molecule has 0 saturated carbocycles. The van der Waals surface area contributed by atoms with E-state index in [0.29, 0.717) is 18.8 Å². The molecule has 1 aromatic heterocycles. The van der Waals surface area contributed by atoms with Gasteiger partial charge in [-0.3, -0.25) is 19.9 Å². The third kappa shape index (κ3) is 5.56. The van der Waals surface area contributed by atoms with Crippen LogP contribution >= 0.6 is 0 Å². The van der Waals surface area contributed by atoms with Gasteiger partial charge in [0.2, 0.25) is 0 Å². The molecule has 0 aliphatic rings. The predicted octanol–water partition coefficient (Wildman–Crippen LogP) is 3.20. The van der Waals surface area contributed by atoms with Crippen LogP contribution in [0.25, 0.3) is 0 Å². The second kappa shape index (κ2) is 8.77. The van der Waals surface area contributed by atoms with Gasteiger partial charge < -0.3 is 10.1 Å². The number of benzene rings is 1. The maximum atomic E-state index is 12.1. The molecule has 0 fully saturated rings. The Balaban J connectivity index is 1.72. The predicted molar refractivity (Wildman–Crippen MR) is 93.9 cm³/mol. The number of nitrogens with zero attached hydrogens (tertiary/aromatic N) is 2. The topological polar surface area (TPSA) is 94.4 Å². The van der Waals surface area contributed by atoms with E-state index in [1.54, 1.807) is 6.92 Å². The first-order valence-electron chi connectivity index (χ1n) is 8.06. The van der Waals surface area contributed by atoms with Crippen LogP contribution in [0.2, 0.25) is 0 Å². The molecule has 0 bridgehead atoms. The summed E-state index contributed by atoms with van der Waals surface area (Å²) in [4.78, 5) is 26.2. The average Bonchev–Trinajstić information content (AvgIpc) is 2.59. The highest BCUT2D eigenvalue weighted by Gasteiger charge is 2.15. The van der Waals surface area contributed by atoms with E-state index in [9.17, 15) is 14.9 Å². The summed E-state index contributed by atoms with van der Waals surface area (Å²) in [5, 5.41) is 13.5. The summed E-state index contributed by atoms with van der Waals surface area (Å²) in [5.41, 5.74) is 1.68. The van der Waals surface area contributed by atoms with Crippen LogP contribution in [0.15, 0.2) is 36.5 Å². The van der Waals surface area contributed by atoms with E-state index in [1.165, 1.54) is 11.6 Å². The van der Waals surface area contributed by atoms with E-state index in [4.69, 9.17) is 4.74 Å². The largest absolute Gasteiger partial charge is 0.494 e. The van der Waals surface area contributed by atoms with E-state index in [-0.39, 0.29) is 17.2 Å². The van der Waals surface area contributed by atoms with Crippen molar-refractivity contribution in [3.63, 3.8) is 0 Å². The Kier molecular flexibility index (Phi) is 6.45. The maximum absolute atomic E-state index is 12.1. The van der Waals surface area contributed by atoms with Crippen LogP contribution in [-0.2, 0) is 0 Å². The number of unbranched alkanes of at least 4 members (excludes halogenated alkanes) is 1. The van der Waals surface area contributed by atoms with Crippen LogP contribution in [-0.4, -0.2) is 29.0 Å². The Bertz CT molecular complexity index is 744. The van der Waals surface area contributed by atoms with Crippen LogP contribution in [0.4, 0.5) is 5.69 Å². The van der Waals surface area contributed by atoms with Crippen LogP contribution in [0.3, 0.4) is 0 Å². The molecule has 2 aromatic rings. The molecule has 0 aliphatic heterocycles. The molecule has 0 radical (unpaired) electrons. The van der Waals surface area contributed by atoms with Crippen molar-refractivity contribution >= 4 is 11.6 Å². The number of nitro groups is 1. The van der Waals surface area contributed by atoms with E-state index in [1.807, 2.05) is 31.2 Å². The second-order valence-electron chi connectivity index (χ2n) is 5.71. The van der Waals surface area contributed by atoms with Gasteiger partial charge in [0, 0.05) is 12.6 Å². The minimum atomic E-state index is -0.564. The number of nitrogens with one attached hydrogen (secondary N) is 1. The molecule has 0 aliphatic carbocycles. The van der Waals surface area contributed by atoms with Crippen molar-refractivity contribution in [2.45, 2.75) is 26.7 Å². The Morgan fingerprint density at radius 3 is 2.64 bits per heavy atom. The van der Waals surface area contributed by atoms with E-state index in [0.717, 1.165) is 24.8 Å². The van der Waals surface area contributed by atoms with Crippen molar-refractivity contribution in [2.75, 3.05) is 13.2 Å². The number of amides is 1. The van der Waals surface area contributed by atoms with Crippen molar-refractivity contribution in [3.05, 3.63) is 63.5 Å². The van der Waals surface area contributed by atoms with Gasteiger partial charge in [0.05, 0.1) is 22.8 Å². The normalized spacial score (nSPS) is 10.3. The fraction of sp³-hybridized carbons (Fsp3) is 0.333. The number of aromatic nitrogens is 1. The lowest BCUT2D eigenvalue weighted by molar-refractivity contribution is -0.385. The minimum Gasteiger partial charge on any atom is -0.494 e. The Hall–Kier alpha value is -2.96. The maximum Gasteiger partial charge on any atom is 0.288 e. The molecule has 0 saturated heterocycles. The molecular weight excluding hydrogens is 322 g/mol. The Morgan fingerprint density at radius 1 is 1.24 bits per heavy atom. The lowest BCUT2D eigenvalue weighted by Gasteiger charge is -2.08. The number of ether oxygens (including phenoxy) is 1. The highest BCUT2D eigenvalue weighted by Crippen LogP contribution is 2.15. The lowest BCUT2D eigenvalue weighted by atomic mass is 10.1. The third-order valence-electron chi connectivity index (χ3n) is 3.67. The summed E-state index contributed by atoms with van der Waals surface area (Å²) in [5.74, 6) is 0.473. The zero-order valence-corrected chi connectivity index (χ0v) is 14.3. The lowest BCUT2D eigenvalue weighted by Crippen LogP contribution is -2.25. The van der Waals surface area contributed by atoms with Gasteiger partial charge in [-0.25, -0.2) is 0 Å². The summed E-state index contributed by atoms with van der Waals surface area (Å²) in [7, 11) is 0. The quantitative estimate of drug-likeness (QED) is 0.451. The summed E-state index contributed by atoms with van der Waals surface area (Å²) in [6, 6.07) is 9.08. The first-order valence-corrected chi connectivity index (χ1v) is 8.06. The zero-order valence-electron chi connectivity index (χ0n) is 14.3. The van der Waals surface area contributed by atoms with Gasteiger partial charge in [-0.1, -0.05) is 17.7 Å². The second-order valence-corrected chi connectivity index (χ2v) is 5.71. The van der Waals surface area contributed by atoms with Crippen molar-refractivity contribution in [1.82, 2.24) is 10.3 Å². The van der Waals surface area contributed by atoms with Crippen molar-refractivity contribution in [3.8, 4) is 5.75 Å². The first kappa shape index (κ1) is 18.4. The van der Waals surface area contributed by atoms with Gasteiger partial charge in [0.25, 0.3) is 11.6 Å². The third-order valence-corrected chi connectivity index (χ3v) is 3.67. The summed E-state index contributed by atoms with van der Waals surface area (Å²) in [6.07, 6.45) is 2.69. The molecule has 1 amide bonds. The molecule has 1 N–H and O–H groups in total. The van der Waals surface area contributed by atoms with Crippen LogP contribution < -0.4 is 10.1 Å². The Labute approximate surface area is 146 Å². The van der Waals surface area contributed by atoms with Gasteiger partial charge in [-0.15, -0.1) is 0 Å². The highest BCUT2D eigenvalue weighted by molar-refractivity contribution is 5.95. The molecule has 0 spiro atoms. The standard InChI is InChI=1S/C18H21N3O4/c1-13-5-7-16(8-6-13)25-10-4-3-9-19-18(22)17-11-15(21(23)24)12-20-14(17)2/h5-8,11-12H,3-4,9-10H2,1-2H3,(H,19,22). The number of aryl methyl sites for hydroxylation is 2. The zero-order chi connectivity index (χ0) is 18.2. The molecule has 1 aromatic carbocycles. The number of carbonyl (C=O) groups excluding carboxylic acids is 1. The monoisotopic (exact) mass is 343 g/mol. The summed E-state index contributed by atoms with van der Waals surface area (Å²) >= 11 is 0. The van der Waals surface area contributed by atoms with Crippen molar-refractivity contribution in [1.29, 1.82) is 0 Å². The molecule has 0 atom stereocenters. The van der Waals surface area contributed by atoms with Crippen LogP contribution in [0.1, 0.15) is 34.5 Å². The molecule has 7 nitrogen and oxygen atoms in total. The summed E-state index contributed by atoms with van der Waals surface area (Å²) < 4.78 is 5.62. The molecule has 2 rings (SSSR count). The molecular formula is C18H21N3O4. The Morgan fingerprint density at radius 2 is 1.96 bits per heavy atom. The fourth-order valence-electron chi connectivity index (χ4n) is 2.20. The molecule has 1 heterocycles. The number of pyridine rings is 1. The molecule has 7 heteroatoms. The molecule has 0 unspecified atom stereocenters. The van der Waals surface area contributed by atoms with E-state index < -0.39 is 4.92 Å². The van der Waals surface area contributed by atoms with Gasteiger partial charge in [-0.2, -0.15) is 0 Å². The SMILES string of the molecule is Cc1ccc(OCCCCNC(=O)c2cc([N+](=O)[O-])cnc2C)cc1. The molecule has 25 heavy (non-hydrogen) atoms. The minimum absolute atomic E-state index is 0.192. The number of carbonyl (C=O) groups is 1. The fourth-order valence-corrected chi connectivity index (χ4v) is 2.20. The van der Waals surface area contributed by atoms with Gasteiger partial charge in [0.1, 0.15) is 11.9 Å². The number of rotatable bonds is 8. The highest BCUT2D eigenvalue weighted by atomic mass is 16.6. The van der Waals surface area contributed by atoms with Gasteiger partial charge >= 0.3 is 0 Å². The van der Waals surface area contributed by atoms with Crippen molar-refractivity contribution < 1.29 is 14.5 Å². The van der Waals surface area contributed by atoms with E-state index in [2.05, 4.69) is 10.3 Å².